The average Bonchev–Trinajstić information content (AvgIpc) is 2.94. The number of nitrogens with one attached hydrogen (secondary N) is 1. The lowest BCUT2D eigenvalue weighted by Crippen LogP contribution is -2.37. The number of amides is 1. The second-order valence-electron chi connectivity index (χ2n) is 9.50. The molecule has 1 aromatic heterocycles. The number of aromatic nitrogens is 2. The Morgan fingerprint density at radius 1 is 1.02 bits per heavy atom. The Morgan fingerprint density at radius 3 is 2.34 bits per heavy atom. The lowest BCUT2D eigenvalue weighted by molar-refractivity contribution is -0.118. The summed E-state index contributed by atoms with van der Waals surface area (Å²) < 4.78 is 45.4. The molecule has 0 atom stereocenters. The third-order valence-electron chi connectivity index (χ3n) is 6.36. The molecule has 1 amide bonds. The maximum Gasteiger partial charge on any atom is 0.272 e. The molecule has 1 fully saturated rings. The molecule has 0 unspecified atom stereocenters. The summed E-state index contributed by atoms with van der Waals surface area (Å²) in [6.07, 6.45) is 1.72. The van der Waals surface area contributed by atoms with Crippen molar-refractivity contribution in [3.05, 3.63) is 89.0 Å². The molecule has 0 spiro atoms. The van der Waals surface area contributed by atoms with E-state index in [1.54, 1.807) is 29.2 Å². The zero-order chi connectivity index (χ0) is 29.4. The number of rotatable bonds is 7. The first-order valence-corrected chi connectivity index (χ1v) is 14.8. The molecule has 2 heterocycles. The van der Waals surface area contributed by atoms with Crippen LogP contribution in [-0.4, -0.2) is 73.1 Å². The van der Waals surface area contributed by atoms with E-state index in [1.807, 2.05) is 36.4 Å². The van der Waals surface area contributed by atoms with E-state index in [1.165, 1.54) is 12.1 Å². The van der Waals surface area contributed by atoms with E-state index in [2.05, 4.69) is 15.1 Å². The number of nitrogens with zero attached hydrogens (tertiary/aromatic N) is 3. The number of ether oxygens (including phenoxy) is 1. The second kappa shape index (κ2) is 13.6. The van der Waals surface area contributed by atoms with Crippen molar-refractivity contribution in [3.8, 4) is 11.3 Å². The second-order valence-corrected chi connectivity index (χ2v) is 11.0. The number of fused-ring (bicyclic) bond motifs is 1. The van der Waals surface area contributed by atoms with Gasteiger partial charge in [-0.25, -0.2) is 9.49 Å². The van der Waals surface area contributed by atoms with E-state index < -0.39 is 15.9 Å². The van der Waals surface area contributed by atoms with Gasteiger partial charge in [-0.15, -0.1) is 0 Å². The van der Waals surface area contributed by atoms with Gasteiger partial charge in [0.2, 0.25) is 5.91 Å². The molecular weight excluding hydrogens is 551 g/mol. The molecule has 1 aliphatic heterocycles. The number of anilines is 2. The summed E-state index contributed by atoms with van der Waals surface area (Å²) in [4.78, 5) is 29.6. The third kappa shape index (κ3) is 8.51. The minimum absolute atomic E-state index is 0.120. The minimum atomic E-state index is -3.67. The molecule has 5 rings (SSSR count). The topological polar surface area (TPSA) is 133 Å². The van der Waals surface area contributed by atoms with Crippen molar-refractivity contribution in [3.63, 3.8) is 0 Å². The van der Waals surface area contributed by atoms with E-state index in [0.29, 0.717) is 60.2 Å². The SMILES string of the molecule is CS(=O)(=O)O.O=C(CCCN1CCOCC1)N(c1cccc(F)c1)c1cccc(-c2n[nH]c(=O)c3ccccc23)c1. The van der Waals surface area contributed by atoms with E-state index >= 15 is 0 Å². The van der Waals surface area contributed by atoms with Crippen LogP contribution in [0.3, 0.4) is 0 Å². The van der Waals surface area contributed by atoms with Crippen LogP contribution in [0.2, 0.25) is 0 Å². The third-order valence-corrected chi connectivity index (χ3v) is 6.36. The Kier molecular flexibility index (Phi) is 9.95. The molecule has 12 heteroatoms. The molecule has 10 nitrogen and oxygen atoms in total. The highest BCUT2D eigenvalue weighted by Gasteiger charge is 2.20. The van der Waals surface area contributed by atoms with Crippen LogP contribution in [0, 0.1) is 5.82 Å². The van der Waals surface area contributed by atoms with Crippen LogP contribution in [0.5, 0.6) is 0 Å². The number of carbonyl (C=O) groups excluding carboxylic acids is 1. The highest BCUT2D eigenvalue weighted by molar-refractivity contribution is 7.85. The average molecular weight is 583 g/mol. The monoisotopic (exact) mass is 582 g/mol. The van der Waals surface area contributed by atoms with Gasteiger partial charge in [0, 0.05) is 36.1 Å². The largest absolute Gasteiger partial charge is 0.379 e. The van der Waals surface area contributed by atoms with Crippen LogP contribution in [0.15, 0.2) is 77.6 Å². The van der Waals surface area contributed by atoms with Gasteiger partial charge < -0.3 is 4.74 Å². The van der Waals surface area contributed by atoms with Crippen molar-refractivity contribution < 1.29 is 26.9 Å². The lowest BCUT2D eigenvalue weighted by atomic mass is 10.0. The molecule has 3 aromatic carbocycles. The molecule has 2 N–H and O–H groups in total. The molecular formula is C29H31FN4O6S. The Balaban J connectivity index is 0.000000714. The normalized spacial score (nSPS) is 13.8. The molecule has 4 aromatic rings. The zero-order valence-electron chi connectivity index (χ0n) is 22.5. The highest BCUT2D eigenvalue weighted by atomic mass is 32.2. The number of H-pyrrole nitrogens is 1. The van der Waals surface area contributed by atoms with E-state index in [4.69, 9.17) is 9.29 Å². The van der Waals surface area contributed by atoms with Crippen molar-refractivity contribution in [2.75, 3.05) is 44.0 Å². The Labute approximate surface area is 237 Å². The van der Waals surface area contributed by atoms with Gasteiger partial charge in [-0.05, 0) is 49.4 Å². The summed E-state index contributed by atoms with van der Waals surface area (Å²) in [5.74, 6) is -0.534. The van der Waals surface area contributed by atoms with E-state index in [9.17, 15) is 22.4 Å². The van der Waals surface area contributed by atoms with Crippen molar-refractivity contribution in [1.29, 1.82) is 0 Å². The maximum atomic E-state index is 14.2. The molecule has 0 bridgehead atoms. The Bertz CT molecular complexity index is 1660. The quantitative estimate of drug-likeness (QED) is 0.313. The predicted molar refractivity (Wildman–Crippen MR) is 155 cm³/mol. The summed E-state index contributed by atoms with van der Waals surface area (Å²) in [6.45, 7) is 3.96. The number of benzene rings is 3. The molecule has 0 aliphatic carbocycles. The molecule has 1 saturated heterocycles. The first kappa shape index (κ1) is 30.0. The Hall–Kier alpha value is -3.97. The minimum Gasteiger partial charge on any atom is -0.379 e. The molecule has 0 saturated carbocycles. The van der Waals surface area contributed by atoms with Gasteiger partial charge >= 0.3 is 0 Å². The van der Waals surface area contributed by atoms with Gasteiger partial charge in [-0.3, -0.25) is 23.9 Å². The van der Waals surface area contributed by atoms with Crippen LogP contribution in [0.25, 0.3) is 22.0 Å². The number of hydrogen-bond donors (Lipinski definition) is 2. The van der Waals surface area contributed by atoms with Crippen molar-refractivity contribution >= 4 is 38.2 Å². The zero-order valence-corrected chi connectivity index (χ0v) is 23.3. The van der Waals surface area contributed by atoms with Crippen LogP contribution >= 0.6 is 0 Å². The van der Waals surface area contributed by atoms with Crippen molar-refractivity contribution in [2.45, 2.75) is 12.8 Å². The van der Waals surface area contributed by atoms with Crippen molar-refractivity contribution in [1.82, 2.24) is 15.1 Å². The highest BCUT2D eigenvalue weighted by Crippen LogP contribution is 2.32. The fraction of sp³-hybridized carbons (Fsp3) is 0.276. The molecule has 41 heavy (non-hydrogen) atoms. The maximum absolute atomic E-state index is 14.2. The Morgan fingerprint density at radius 2 is 1.66 bits per heavy atom. The standard InChI is InChI=1S/C28H27FN4O3.CH4O3S/c29-21-7-4-9-23(19-21)33(26(34)12-5-13-32-14-16-36-17-15-32)22-8-3-6-20(18-22)27-24-10-1-2-11-25(24)28(35)31-30-27;1-5(2,3)4/h1-4,6-11,18-19H,5,12-17H2,(H,31,35);1H3,(H,2,3,4). The number of morpholine rings is 1. The molecule has 216 valence electrons. The smallest absolute Gasteiger partial charge is 0.272 e. The molecule has 1 aliphatic rings. The molecule has 0 radical (unpaired) electrons. The summed E-state index contributed by atoms with van der Waals surface area (Å²) >= 11 is 0. The van der Waals surface area contributed by atoms with Gasteiger partial charge in [-0.2, -0.15) is 13.5 Å². The predicted octanol–water partition coefficient (Wildman–Crippen LogP) is 4.01. The number of carbonyl (C=O) groups is 1. The number of aromatic amines is 1. The van der Waals surface area contributed by atoms with Gasteiger partial charge in [0.15, 0.2) is 0 Å². The van der Waals surface area contributed by atoms with Crippen LogP contribution < -0.4 is 10.5 Å². The fourth-order valence-corrected chi connectivity index (χ4v) is 4.57. The number of hydrogen-bond acceptors (Lipinski definition) is 7. The van der Waals surface area contributed by atoms with E-state index in [-0.39, 0.29) is 11.5 Å². The summed E-state index contributed by atoms with van der Waals surface area (Å²) in [5, 5.41) is 8.11. The summed E-state index contributed by atoms with van der Waals surface area (Å²) in [5.41, 5.74) is 2.14. The lowest BCUT2D eigenvalue weighted by Gasteiger charge is -2.27. The van der Waals surface area contributed by atoms with Gasteiger partial charge in [0.05, 0.1) is 36.2 Å². The van der Waals surface area contributed by atoms with Crippen LogP contribution in [0.4, 0.5) is 15.8 Å². The first-order valence-electron chi connectivity index (χ1n) is 13.0. The van der Waals surface area contributed by atoms with Gasteiger partial charge in [0.1, 0.15) is 5.82 Å². The number of halogens is 1. The van der Waals surface area contributed by atoms with Gasteiger partial charge in [0.25, 0.3) is 15.7 Å². The summed E-state index contributed by atoms with van der Waals surface area (Å²) in [7, 11) is -3.67. The van der Waals surface area contributed by atoms with Gasteiger partial charge in [-0.1, -0.05) is 36.4 Å². The van der Waals surface area contributed by atoms with Crippen molar-refractivity contribution in [2.24, 2.45) is 0 Å². The fourth-order valence-electron chi connectivity index (χ4n) is 4.57. The van der Waals surface area contributed by atoms with Crippen LogP contribution in [-0.2, 0) is 19.6 Å². The summed E-state index contributed by atoms with van der Waals surface area (Å²) in [6, 6.07) is 20.7. The van der Waals surface area contributed by atoms with E-state index in [0.717, 1.165) is 25.2 Å². The van der Waals surface area contributed by atoms with Crippen LogP contribution in [0.1, 0.15) is 12.8 Å². The first-order chi connectivity index (χ1) is 19.6.